The minimum absolute atomic E-state index is 0.620. The van der Waals surface area contributed by atoms with E-state index in [9.17, 15) is 0 Å². The van der Waals surface area contributed by atoms with E-state index < -0.39 is 0 Å². The molecule has 0 aliphatic heterocycles. The molecule has 1 rings (SSSR count). The van der Waals surface area contributed by atoms with Crippen LogP contribution in [0.1, 0.15) is 26.0 Å². The molecule has 0 amide bonds. The molecule has 0 aliphatic rings. The highest BCUT2D eigenvalue weighted by molar-refractivity contribution is 5.25. The summed E-state index contributed by atoms with van der Waals surface area (Å²) in [7, 11) is 0. The van der Waals surface area contributed by atoms with Crippen molar-refractivity contribution < 1.29 is 0 Å². The van der Waals surface area contributed by atoms with Gasteiger partial charge in [0.05, 0.1) is 0 Å². The Balaban J connectivity index is 2.55. The van der Waals surface area contributed by atoms with Crippen molar-refractivity contribution in [3.8, 4) is 11.8 Å². The molecular weight excluding hydrogens is 148 g/mol. The van der Waals surface area contributed by atoms with Gasteiger partial charge in [0.1, 0.15) is 5.69 Å². The molecule has 0 unspecified atom stereocenters. The first-order chi connectivity index (χ1) is 5.79. The van der Waals surface area contributed by atoms with Crippen molar-refractivity contribution in [1.29, 1.82) is 0 Å². The SMILES string of the molecule is CC(C)CC#Cc1cccnn1. The van der Waals surface area contributed by atoms with Crippen LogP contribution in [0.4, 0.5) is 0 Å². The van der Waals surface area contributed by atoms with Crippen LogP contribution >= 0.6 is 0 Å². The van der Waals surface area contributed by atoms with Gasteiger partial charge >= 0.3 is 0 Å². The number of hydrogen-bond acceptors (Lipinski definition) is 2. The molecule has 0 bridgehead atoms. The maximum Gasteiger partial charge on any atom is 0.135 e. The fraction of sp³-hybridized carbons (Fsp3) is 0.400. The first kappa shape index (κ1) is 8.73. The molecular formula is C10H12N2. The first-order valence-corrected chi connectivity index (χ1v) is 4.05. The fourth-order valence-electron chi connectivity index (χ4n) is 0.714. The van der Waals surface area contributed by atoms with E-state index in [0.717, 1.165) is 12.1 Å². The second kappa shape index (κ2) is 4.50. The molecule has 0 saturated carbocycles. The van der Waals surface area contributed by atoms with Crippen LogP contribution in [0, 0.1) is 17.8 Å². The Bertz CT molecular complexity index is 280. The van der Waals surface area contributed by atoms with Gasteiger partial charge in [-0.1, -0.05) is 19.8 Å². The van der Waals surface area contributed by atoms with Crippen LogP contribution < -0.4 is 0 Å². The minimum Gasteiger partial charge on any atom is -0.158 e. The van der Waals surface area contributed by atoms with Crippen molar-refractivity contribution in [2.75, 3.05) is 0 Å². The van der Waals surface area contributed by atoms with E-state index in [2.05, 4.69) is 35.9 Å². The summed E-state index contributed by atoms with van der Waals surface area (Å²) < 4.78 is 0. The minimum atomic E-state index is 0.620. The third-order valence-electron chi connectivity index (χ3n) is 1.30. The molecule has 0 saturated heterocycles. The third kappa shape index (κ3) is 3.16. The number of rotatable bonds is 1. The lowest BCUT2D eigenvalue weighted by Crippen LogP contribution is -1.85. The highest BCUT2D eigenvalue weighted by atomic mass is 15.1. The second-order valence-electron chi connectivity index (χ2n) is 3.01. The maximum atomic E-state index is 3.85. The lowest BCUT2D eigenvalue weighted by atomic mass is 10.1. The van der Waals surface area contributed by atoms with Gasteiger partial charge in [0.2, 0.25) is 0 Å². The van der Waals surface area contributed by atoms with Crippen molar-refractivity contribution in [2.45, 2.75) is 20.3 Å². The van der Waals surface area contributed by atoms with E-state index in [-0.39, 0.29) is 0 Å². The van der Waals surface area contributed by atoms with E-state index in [1.54, 1.807) is 6.20 Å². The van der Waals surface area contributed by atoms with E-state index in [1.807, 2.05) is 12.1 Å². The number of hydrogen-bond donors (Lipinski definition) is 0. The molecule has 62 valence electrons. The Morgan fingerprint density at radius 3 is 2.92 bits per heavy atom. The Morgan fingerprint density at radius 2 is 2.33 bits per heavy atom. The zero-order valence-electron chi connectivity index (χ0n) is 7.41. The summed E-state index contributed by atoms with van der Waals surface area (Å²) in [6, 6.07) is 3.70. The molecule has 1 heterocycles. The monoisotopic (exact) mass is 160 g/mol. The summed E-state index contributed by atoms with van der Waals surface area (Å²) in [6.45, 7) is 4.29. The van der Waals surface area contributed by atoms with Gasteiger partial charge in [0.25, 0.3) is 0 Å². The zero-order chi connectivity index (χ0) is 8.81. The van der Waals surface area contributed by atoms with Crippen molar-refractivity contribution in [1.82, 2.24) is 10.2 Å². The Kier molecular flexibility index (Phi) is 3.28. The van der Waals surface area contributed by atoms with Crippen molar-refractivity contribution in [3.63, 3.8) is 0 Å². The summed E-state index contributed by atoms with van der Waals surface area (Å²) in [5, 5.41) is 7.58. The molecule has 2 heteroatoms. The summed E-state index contributed by atoms with van der Waals surface area (Å²) in [5.74, 6) is 6.62. The molecule has 0 spiro atoms. The van der Waals surface area contributed by atoms with Crippen molar-refractivity contribution in [2.24, 2.45) is 5.92 Å². The van der Waals surface area contributed by atoms with Gasteiger partial charge in [-0.2, -0.15) is 5.10 Å². The van der Waals surface area contributed by atoms with Gasteiger partial charge < -0.3 is 0 Å². The Hall–Kier alpha value is -1.36. The maximum absolute atomic E-state index is 3.85. The van der Waals surface area contributed by atoms with Gasteiger partial charge in [-0.05, 0) is 24.0 Å². The van der Waals surface area contributed by atoms with Crippen LogP contribution in [0.25, 0.3) is 0 Å². The van der Waals surface area contributed by atoms with Crippen LogP contribution in [0.2, 0.25) is 0 Å². The van der Waals surface area contributed by atoms with Crippen LogP contribution in [0.5, 0.6) is 0 Å². The average Bonchev–Trinajstić information content (AvgIpc) is 2.05. The lowest BCUT2D eigenvalue weighted by Gasteiger charge is -1.92. The second-order valence-corrected chi connectivity index (χ2v) is 3.01. The normalized spacial score (nSPS) is 9.25. The number of aromatic nitrogens is 2. The largest absolute Gasteiger partial charge is 0.158 e. The van der Waals surface area contributed by atoms with Crippen molar-refractivity contribution in [3.05, 3.63) is 24.0 Å². The topological polar surface area (TPSA) is 25.8 Å². The van der Waals surface area contributed by atoms with Gasteiger partial charge in [-0.25, -0.2) is 0 Å². The molecule has 0 aromatic carbocycles. The molecule has 2 nitrogen and oxygen atoms in total. The molecule has 0 radical (unpaired) electrons. The Morgan fingerprint density at radius 1 is 1.50 bits per heavy atom. The summed E-state index contributed by atoms with van der Waals surface area (Å²) >= 11 is 0. The van der Waals surface area contributed by atoms with E-state index >= 15 is 0 Å². The van der Waals surface area contributed by atoms with Crippen molar-refractivity contribution >= 4 is 0 Å². The van der Waals surface area contributed by atoms with Crippen LogP contribution in [0.3, 0.4) is 0 Å². The average molecular weight is 160 g/mol. The van der Waals surface area contributed by atoms with Crippen LogP contribution in [-0.2, 0) is 0 Å². The molecule has 12 heavy (non-hydrogen) atoms. The first-order valence-electron chi connectivity index (χ1n) is 4.05. The van der Waals surface area contributed by atoms with E-state index in [0.29, 0.717) is 5.92 Å². The predicted octanol–water partition coefficient (Wildman–Crippen LogP) is 1.87. The Labute approximate surface area is 73.0 Å². The van der Waals surface area contributed by atoms with Gasteiger partial charge in [0.15, 0.2) is 0 Å². The molecule has 0 fully saturated rings. The molecule has 0 N–H and O–H groups in total. The van der Waals surface area contributed by atoms with Gasteiger partial charge in [0, 0.05) is 12.6 Å². The van der Waals surface area contributed by atoms with E-state index in [4.69, 9.17) is 0 Å². The van der Waals surface area contributed by atoms with Crippen LogP contribution in [-0.4, -0.2) is 10.2 Å². The van der Waals surface area contributed by atoms with E-state index in [1.165, 1.54) is 0 Å². The molecule has 0 aliphatic carbocycles. The molecule has 1 aromatic rings. The highest BCUT2D eigenvalue weighted by Crippen LogP contribution is 1.96. The number of nitrogens with zero attached hydrogens (tertiary/aromatic N) is 2. The molecule has 0 atom stereocenters. The highest BCUT2D eigenvalue weighted by Gasteiger charge is 1.87. The van der Waals surface area contributed by atoms with Gasteiger partial charge in [-0.3, -0.25) is 0 Å². The van der Waals surface area contributed by atoms with Crippen LogP contribution in [0.15, 0.2) is 18.3 Å². The summed E-state index contributed by atoms with van der Waals surface area (Å²) in [5.41, 5.74) is 0.748. The zero-order valence-corrected chi connectivity index (χ0v) is 7.41. The fourth-order valence-corrected chi connectivity index (χ4v) is 0.714. The summed E-state index contributed by atoms with van der Waals surface area (Å²) in [4.78, 5) is 0. The third-order valence-corrected chi connectivity index (χ3v) is 1.30. The van der Waals surface area contributed by atoms with Gasteiger partial charge in [-0.15, -0.1) is 5.10 Å². The predicted molar refractivity (Wildman–Crippen MR) is 48.4 cm³/mol. The quantitative estimate of drug-likeness (QED) is 0.586. The standard InChI is InChI=1S/C10H12N2/c1-9(2)5-3-6-10-7-4-8-11-12-10/h4,7-9H,5H2,1-2H3. The lowest BCUT2D eigenvalue weighted by molar-refractivity contribution is 0.676. The smallest absolute Gasteiger partial charge is 0.135 e. The summed E-state index contributed by atoms with van der Waals surface area (Å²) in [6.07, 6.45) is 2.56. The molecule has 1 aromatic heterocycles.